The van der Waals surface area contributed by atoms with Crippen LogP contribution in [0.3, 0.4) is 0 Å². The zero-order valence-electron chi connectivity index (χ0n) is 13.2. The molecule has 1 saturated heterocycles. The highest BCUT2D eigenvalue weighted by Crippen LogP contribution is 2.27. The number of hydrogen-bond donors (Lipinski definition) is 1. The Bertz CT molecular complexity index is 722. The van der Waals surface area contributed by atoms with Gasteiger partial charge in [0, 0.05) is 43.5 Å². The Balaban J connectivity index is 1.60. The van der Waals surface area contributed by atoms with Gasteiger partial charge in [0.2, 0.25) is 0 Å². The van der Waals surface area contributed by atoms with Crippen LogP contribution >= 0.6 is 0 Å². The molecule has 1 amide bonds. The Morgan fingerprint density at radius 2 is 2.13 bits per heavy atom. The lowest BCUT2D eigenvalue weighted by molar-refractivity contribution is 0.0732. The fraction of sp³-hybridized carbons (Fsp3) is 0.368. The summed E-state index contributed by atoms with van der Waals surface area (Å²) in [4.78, 5) is 19.5. The smallest absolute Gasteiger partial charge is 0.254 e. The Hall–Kier alpha value is -2.20. The summed E-state index contributed by atoms with van der Waals surface area (Å²) < 4.78 is 0. The molecule has 2 aromatic rings. The molecule has 1 aromatic carbocycles. The van der Waals surface area contributed by atoms with E-state index in [1.807, 2.05) is 35.4 Å². The van der Waals surface area contributed by atoms with Crippen molar-refractivity contribution in [2.24, 2.45) is 0 Å². The Labute approximate surface area is 136 Å². The molecule has 1 N–H and O–H groups in total. The third-order valence-electron chi connectivity index (χ3n) is 4.94. The maximum atomic E-state index is 13.1. The number of carbonyl (C=O) groups excluding carboxylic acids is 1. The summed E-state index contributed by atoms with van der Waals surface area (Å²) in [6.45, 7) is 3.42. The predicted molar refractivity (Wildman–Crippen MR) is 89.4 cm³/mol. The van der Waals surface area contributed by atoms with Crippen LogP contribution in [0.2, 0.25) is 0 Å². The maximum absolute atomic E-state index is 13.1. The summed E-state index contributed by atoms with van der Waals surface area (Å²) in [5, 5.41) is 3.40. The molecule has 118 valence electrons. The minimum atomic E-state index is 0.155. The summed E-state index contributed by atoms with van der Waals surface area (Å²) in [5.74, 6) is 0.607. The second-order valence-corrected chi connectivity index (χ2v) is 6.36. The van der Waals surface area contributed by atoms with Crippen LogP contribution in [0.4, 0.5) is 0 Å². The highest BCUT2D eigenvalue weighted by atomic mass is 16.2. The summed E-state index contributed by atoms with van der Waals surface area (Å²) >= 11 is 0. The Morgan fingerprint density at radius 3 is 3.00 bits per heavy atom. The van der Waals surface area contributed by atoms with E-state index in [0.717, 1.165) is 43.7 Å². The van der Waals surface area contributed by atoms with Crippen LogP contribution in [0.25, 0.3) is 0 Å². The number of rotatable bonds is 2. The van der Waals surface area contributed by atoms with Crippen molar-refractivity contribution < 1.29 is 4.79 Å². The monoisotopic (exact) mass is 307 g/mol. The van der Waals surface area contributed by atoms with Crippen LogP contribution in [0.1, 0.15) is 39.5 Å². The lowest BCUT2D eigenvalue weighted by Gasteiger charge is -2.29. The van der Waals surface area contributed by atoms with Crippen molar-refractivity contribution >= 4 is 5.91 Å². The molecule has 4 rings (SSSR count). The fourth-order valence-corrected chi connectivity index (χ4v) is 3.68. The third kappa shape index (κ3) is 2.75. The fourth-order valence-electron chi connectivity index (χ4n) is 3.68. The van der Waals surface area contributed by atoms with Crippen molar-refractivity contribution in [2.45, 2.75) is 25.3 Å². The SMILES string of the molecule is O=C(c1ccccc1C1CCNC1)N1CCc2ncccc2C1. The van der Waals surface area contributed by atoms with E-state index < -0.39 is 0 Å². The summed E-state index contributed by atoms with van der Waals surface area (Å²) in [6.07, 6.45) is 3.78. The van der Waals surface area contributed by atoms with Crippen LogP contribution in [-0.2, 0) is 13.0 Å². The molecular weight excluding hydrogens is 286 g/mol. The second-order valence-electron chi connectivity index (χ2n) is 6.36. The molecule has 4 nitrogen and oxygen atoms in total. The summed E-state index contributed by atoms with van der Waals surface area (Å²) in [6, 6.07) is 12.1. The highest BCUT2D eigenvalue weighted by Gasteiger charge is 2.27. The average Bonchev–Trinajstić information content (AvgIpc) is 3.15. The first-order valence-corrected chi connectivity index (χ1v) is 8.34. The minimum Gasteiger partial charge on any atom is -0.334 e. The van der Waals surface area contributed by atoms with Gasteiger partial charge >= 0.3 is 0 Å². The van der Waals surface area contributed by atoms with Crippen LogP contribution in [0, 0.1) is 0 Å². The third-order valence-corrected chi connectivity index (χ3v) is 4.94. The van der Waals surface area contributed by atoms with Crippen LogP contribution < -0.4 is 5.32 Å². The van der Waals surface area contributed by atoms with Crippen LogP contribution in [-0.4, -0.2) is 35.4 Å². The van der Waals surface area contributed by atoms with E-state index in [-0.39, 0.29) is 5.91 Å². The van der Waals surface area contributed by atoms with Gasteiger partial charge in [0.1, 0.15) is 0 Å². The molecule has 0 spiro atoms. The number of fused-ring (bicyclic) bond motifs is 1. The zero-order chi connectivity index (χ0) is 15.6. The van der Waals surface area contributed by atoms with Gasteiger partial charge in [0.25, 0.3) is 5.91 Å². The van der Waals surface area contributed by atoms with E-state index in [1.165, 1.54) is 11.1 Å². The molecule has 1 aromatic heterocycles. The number of pyridine rings is 1. The number of hydrogen-bond acceptors (Lipinski definition) is 3. The molecule has 0 saturated carbocycles. The van der Waals surface area contributed by atoms with Gasteiger partial charge in [-0.25, -0.2) is 0 Å². The maximum Gasteiger partial charge on any atom is 0.254 e. The van der Waals surface area contributed by atoms with E-state index in [4.69, 9.17) is 0 Å². The lowest BCUT2D eigenvalue weighted by Crippen LogP contribution is -2.37. The molecule has 1 fully saturated rings. The average molecular weight is 307 g/mol. The minimum absolute atomic E-state index is 0.155. The van der Waals surface area contributed by atoms with Crippen LogP contribution in [0.15, 0.2) is 42.6 Å². The van der Waals surface area contributed by atoms with Gasteiger partial charge in [0.15, 0.2) is 0 Å². The van der Waals surface area contributed by atoms with Crippen molar-refractivity contribution in [2.75, 3.05) is 19.6 Å². The highest BCUT2D eigenvalue weighted by molar-refractivity contribution is 5.96. The molecule has 0 radical (unpaired) electrons. The van der Waals surface area contributed by atoms with E-state index >= 15 is 0 Å². The Kier molecular flexibility index (Phi) is 3.83. The first-order chi connectivity index (χ1) is 11.3. The number of amides is 1. The van der Waals surface area contributed by atoms with E-state index in [2.05, 4.69) is 22.4 Å². The van der Waals surface area contributed by atoms with Gasteiger partial charge in [0.05, 0.1) is 0 Å². The van der Waals surface area contributed by atoms with Crippen molar-refractivity contribution in [1.82, 2.24) is 15.2 Å². The van der Waals surface area contributed by atoms with Gasteiger partial charge in [-0.2, -0.15) is 0 Å². The molecule has 2 aliphatic rings. The zero-order valence-corrected chi connectivity index (χ0v) is 13.2. The molecule has 1 unspecified atom stereocenters. The largest absolute Gasteiger partial charge is 0.334 e. The van der Waals surface area contributed by atoms with Crippen molar-refractivity contribution in [1.29, 1.82) is 0 Å². The van der Waals surface area contributed by atoms with Gasteiger partial charge in [-0.3, -0.25) is 9.78 Å². The normalized spacial score (nSPS) is 20.3. The molecule has 2 aliphatic heterocycles. The first kappa shape index (κ1) is 14.4. The molecular formula is C19H21N3O. The molecule has 1 atom stereocenters. The quantitative estimate of drug-likeness (QED) is 0.926. The second kappa shape index (κ2) is 6.13. The standard InChI is InChI=1S/C19H21N3O/c23-19(22-11-8-18-15(13-22)4-3-9-21-18)17-6-2-1-5-16(17)14-7-10-20-12-14/h1-6,9,14,20H,7-8,10-13H2. The molecule has 4 heteroatoms. The number of nitrogens with one attached hydrogen (secondary N) is 1. The van der Waals surface area contributed by atoms with Crippen molar-refractivity contribution in [3.05, 3.63) is 65.0 Å². The number of carbonyl (C=O) groups is 1. The van der Waals surface area contributed by atoms with E-state index in [0.29, 0.717) is 12.5 Å². The molecule has 23 heavy (non-hydrogen) atoms. The van der Waals surface area contributed by atoms with E-state index in [9.17, 15) is 4.79 Å². The van der Waals surface area contributed by atoms with Crippen molar-refractivity contribution in [3.8, 4) is 0 Å². The van der Waals surface area contributed by atoms with Crippen LogP contribution in [0.5, 0.6) is 0 Å². The Morgan fingerprint density at radius 1 is 1.22 bits per heavy atom. The van der Waals surface area contributed by atoms with Crippen molar-refractivity contribution in [3.63, 3.8) is 0 Å². The van der Waals surface area contributed by atoms with Gasteiger partial charge in [-0.05, 0) is 42.1 Å². The van der Waals surface area contributed by atoms with Gasteiger partial charge in [-0.1, -0.05) is 24.3 Å². The molecule has 0 aliphatic carbocycles. The lowest BCUT2D eigenvalue weighted by atomic mass is 9.92. The van der Waals surface area contributed by atoms with Gasteiger partial charge in [-0.15, -0.1) is 0 Å². The number of aromatic nitrogens is 1. The summed E-state index contributed by atoms with van der Waals surface area (Å²) in [7, 11) is 0. The first-order valence-electron chi connectivity index (χ1n) is 8.34. The summed E-state index contributed by atoms with van der Waals surface area (Å²) in [5.41, 5.74) is 4.37. The number of nitrogens with zero attached hydrogens (tertiary/aromatic N) is 2. The van der Waals surface area contributed by atoms with E-state index in [1.54, 1.807) is 0 Å². The predicted octanol–water partition coefficient (Wildman–Crippen LogP) is 2.36. The topological polar surface area (TPSA) is 45.2 Å². The van der Waals surface area contributed by atoms with Gasteiger partial charge < -0.3 is 10.2 Å². The molecule has 0 bridgehead atoms. The number of benzene rings is 1. The molecule has 3 heterocycles.